The largest absolute Gasteiger partial charge is 0.399 e. The van der Waals surface area contributed by atoms with Crippen molar-refractivity contribution in [2.75, 3.05) is 13.4 Å². The molecular formula is C11H13NOS. The van der Waals surface area contributed by atoms with E-state index in [1.54, 1.807) is 18.9 Å². The van der Waals surface area contributed by atoms with Crippen LogP contribution in [0.3, 0.4) is 0 Å². The molecule has 0 spiro atoms. The second kappa shape index (κ2) is 4.05. The van der Waals surface area contributed by atoms with Crippen LogP contribution in [-0.2, 0) is 11.3 Å². The fourth-order valence-electron chi connectivity index (χ4n) is 1.87. The van der Waals surface area contributed by atoms with Crippen LogP contribution in [-0.4, -0.2) is 19.1 Å². The first kappa shape index (κ1) is 9.59. The maximum Gasteiger partial charge on any atom is 0.106 e. The monoisotopic (exact) mass is 207 g/mol. The van der Waals surface area contributed by atoms with Crippen LogP contribution in [0.4, 0.5) is 0 Å². The van der Waals surface area contributed by atoms with E-state index in [0.717, 1.165) is 18.6 Å². The van der Waals surface area contributed by atoms with Crippen molar-refractivity contribution < 1.29 is 4.84 Å². The van der Waals surface area contributed by atoms with Crippen molar-refractivity contribution in [1.29, 1.82) is 0 Å². The third-order valence-corrected chi connectivity index (χ3v) is 3.30. The van der Waals surface area contributed by atoms with E-state index in [2.05, 4.69) is 29.6 Å². The Balaban J connectivity index is 2.46. The minimum absolute atomic E-state index is 1.00. The molecule has 2 nitrogen and oxygen atoms in total. The molecular weight excluding hydrogens is 194 g/mol. The Morgan fingerprint density at radius 1 is 1.36 bits per heavy atom. The van der Waals surface area contributed by atoms with Crippen molar-refractivity contribution in [2.45, 2.75) is 17.7 Å². The standard InChI is InChI=1S/C11H13NOS/c1-13-12-10-7-6-9-8(10)4-3-5-11(9)14-2/h3-5H,6-7H2,1-2H3/b12-10+. The summed E-state index contributed by atoms with van der Waals surface area (Å²) >= 11 is 1.80. The van der Waals surface area contributed by atoms with E-state index in [9.17, 15) is 0 Å². The smallest absolute Gasteiger partial charge is 0.106 e. The topological polar surface area (TPSA) is 21.6 Å². The highest BCUT2D eigenvalue weighted by atomic mass is 32.2. The predicted octanol–water partition coefficient (Wildman–Crippen LogP) is 2.71. The van der Waals surface area contributed by atoms with E-state index in [0.29, 0.717) is 0 Å². The number of hydrogen-bond acceptors (Lipinski definition) is 3. The fourth-order valence-corrected chi connectivity index (χ4v) is 2.54. The Labute approximate surface area is 88.3 Å². The molecule has 3 heteroatoms. The molecule has 0 aliphatic heterocycles. The number of thioether (sulfide) groups is 1. The first-order valence-corrected chi connectivity index (χ1v) is 5.85. The third-order valence-electron chi connectivity index (χ3n) is 2.48. The van der Waals surface area contributed by atoms with Crippen LogP contribution in [0.5, 0.6) is 0 Å². The van der Waals surface area contributed by atoms with Gasteiger partial charge in [-0.1, -0.05) is 17.3 Å². The Kier molecular flexibility index (Phi) is 2.77. The molecule has 0 bridgehead atoms. The van der Waals surface area contributed by atoms with Gasteiger partial charge in [0.25, 0.3) is 0 Å². The third kappa shape index (κ3) is 1.52. The molecule has 0 saturated carbocycles. The number of nitrogens with zero attached hydrogens (tertiary/aromatic N) is 1. The molecule has 0 fully saturated rings. The lowest BCUT2D eigenvalue weighted by atomic mass is 10.1. The second-order valence-corrected chi connectivity index (χ2v) is 4.06. The molecule has 1 aliphatic rings. The van der Waals surface area contributed by atoms with E-state index >= 15 is 0 Å². The van der Waals surface area contributed by atoms with Gasteiger partial charge in [0.05, 0.1) is 5.71 Å². The zero-order chi connectivity index (χ0) is 9.97. The van der Waals surface area contributed by atoms with Gasteiger partial charge in [0.2, 0.25) is 0 Å². The van der Waals surface area contributed by atoms with Gasteiger partial charge < -0.3 is 4.84 Å². The molecule has 2 rings (SSSR count). The van der Waals surface area contributed by atoms with Crippen LogP contribution >= 0.6 is 11.8 Å². The molecule has 74 valence electrons. The van der Waals surface area contributed by atoms with Crippen molar-refractivity contribution in [2.24, 2.45) is 5.16 Å². The maximum atomic E-state index is 4.84. The van der Waals surface area contributed by atoms with Crippen LogP contribution in [0.25, 0.3) is 0 Å². The zero-order valence-corrected chi connectivity index (χ0v) is 9.23. The summed E-state index contributed by atoms with van der Waals surface area (Å²) < 4.78 is 0. The second-order valence-electron chi connectivity index (χ2n) is 3.21. The lowest BCUT2D eigenvalue weighted by Crippen LogP contribution is -1.95. The van der Waals surface area contributed by atoms with E-state index in [-0.39, 0.29) is 0 Å². The van der Waals surface area contributed by atoms with Crippen molar-refractivity contribution in [3.8, 4) is 0 Å². The van der Waals surface area contributed by atoms with Crippen molar-refractivity contribution in [3.05, 3.63) is 29.3 Å². The van der Waals surface area contributed by atoms with Gasteiger partial charge in [-0.2, -0.15) is 0 Å². The summed E-state index contributed by atoms with van der Waals surface area (Å²) in [7, 11) is 1.60. The van der Waals surface area contributed by atoms with Crippen LogP contribution in [0.15, 0.2) is 28.3 Å². The molecule has 0 heterocycles. The maximum absolute atomic E-state index is 4.84. The van der Waals surface area contributed by atoms with Gasteiger partial charge in [-0.05, 0) is 30.7 Å². The Bertz CT molecular complexity index is 374. The summed E-state index contributed by atoms with van der Waals surface area (Å²) in [6.07, 6.45) is 4.20. The van der Waals surface area contributed by atoms with E-state index in [1.165, 1.54) is 16.0 Å². The summed E-state index contributed by atoms with van der Waals surface area (Å²) in [5, 5.41) is 4.05. The summed E-state index contributed by atoms with van der Waals surface area (Å²) in [4.78, 5) is 6.20. The highest BCUT2D eigenvalue weighted by molar-refractivity contribution is 7.98. The Hall–Kier alpha value is -0.960. The van der Waals surface area contributed by atoms with Gasteiger partial charge in [-0.15, -0.1) is 11.8 Å². The molecule has 0 N–H and O–H groups in total. The summed E-state index contributed by atoms with van der Waals surface area (Å²) in [6.45, 7) is 0. The van der Waals surface area contributed by atoms with Gasteiger partial charge in [-0.3, -0.25) is 0 Å². The van der Waals surface area contributed by atoms with Crippen molar-refractivity contribution >= 4 is 17.5 Å². The number of hydrogen-bond donors (Lipinski definition) is 0. The Morgan fingerprint density at radius 3 is 2.93 bits per heavy atom. The number of rotatable bonds is 2. The van der Waals surface area contributed by atoms with Crippen LogP contribution in [0.2, 0.25) is 0 Å². The van der Waals surface area contributed by atoms with Gasteiger partial charge in [0.15, 0.2) is 0 Å². The van der Waals surface area contributed by atoms with E-state index < -0.39 is 0 Å². The minimum atomic E-state index is 1.00. The quantitative estimate of drug-likeness (QED) is 0.549. The van der Waals surface area contributed by atoms with Crippen molar-refractivity contribution in [3.63, 3.8) is 0 Å². The lowest BCUT2D eigenvalue weighted by Gasteiger charge is -2.04. The van der Waals surface area contributed by atoms with Crippen LogP contribution < -0.4 is 0 Å². The molecule has 14 heavy (non-hydrogen) atoms. The molecule has 0 aromatic heterocycles. The van der Waals surface area contributed by atoms with Crippen molar-refractivity contribution in [1.82, 2.24) is 0 Å². The van der Waals surface area contributed by atoms with Gasteiger partial charge >= 0.3 is 0 Å². The van der Waals surface area contributed by atoms with Gasteiger partial charge in [0.1, 0.15) is 7.11 Å². The predicted molar refractivity (Wildman–Crippen MR) is 60.1 cm³/mol. The molecule has 0 saturated heterocycles. The average molecular weight is 207 g/mol. The lowest BCUT2D eigenvalue weighted by molar-refractivity contribution is 0.213. The van der Waals surface area contributed by atoms with Crippen LogP contribution in [0, 0.1) is 0 Å². The molecule has 0 amide bonds. The average Bonchev–Trinajstić information content (AvgIpc) is 2.62. The minimum Gasteiger partial charge on any atom is -0.399 e. The normalized spacial score (nSPS) is 17.1. The molecule has 1 aliphatic carbocycles. The van der Waals surface area contributed by atoms with E-state index in [4.69, 9.17) is 4.84 Å². The Morgan fingerprint density at radius 2 is 2.21 bits per heavy atom. The summed E-state index contributed by atoms with van der Waals surface area (Å²) in [6, 6.07) is 6.38. The van der Waals surface area contributed by atoms with Crippen LogP contribution in [0.1, 0.15) is 17.5 Å². The highest BCUT2D eigenvalue weighted by Gasteiger charge is 2.20. The summed E-state index contributed by atoms with van der Waals surface area (Å²) in [5.41, 5.74) is 3.77. The summed E-state index contributed by atoms with van der Waals surface area (Å²) in [5.74, 6) is 0. The zero-order valence-electron chi connectivity index (χ0n) is 8.41. The number of benzene rings is 1. The van der Waals surface area contributed by atoms with Gasteiger partial charge in [0, 0.05) is 10.5 Å². The highest BCUT2D eigenvalue weighted by Crippen LogP contribution is 2.30. The number of oxime groups is 1. The molecule has 1 aromatic carbocycles. The fraction of sp³-hybridized carbons (Fsp3) is 0.364. The molecule has 1 aromatic rings. The SMILES string of the molecule is CO/N=C1\CCc2c(SC)cccc21. The molecule has 0 atom stereocenters. The molecule has 0 unspecified atom stereocenters. The van der Waals surface area contributed by atoms with Gasteiger partial charge in [-0.25, -0.2) is 0 Å². The number of fused-ring (bicyclic) bond motifs is 1. The first-order valence-electron chi connectivity index (χ1n) is 4.63. The molecule has 0 radical (unpaired) electrons. The first-order chi connectivity index (χ1) is 6.86. The van der Waals surface area contributed by atoms with E-state index in [1.807, 2.05) is 0 Å².